The summed E-state index contributed by atoms with van der Waals surface area (Å²) in [5, 5.41) is 2.66. The van der Waals surface area contributed by atoms with Crippen molar-refractivity contribution in [2.75, 3.05) is 13.1 Å². The highest BCUT2D eigenvalue weighted by atomic mass is 15.2. The van der Waals surface area contributed by atoms with E-state index in [0.717, 1.165) is 19.5 Å². The number of likely N-dealkylation sites (N-methyl/N-ethyl adjacent to an activating group) is 1. The van der Waals surface area contributed by atoms with Crippen molar-refractivity contribution in [1.29, 1.82) is 0 Å². The van der Waals surface area contributed by atoms with E-state index in [9.17, 15) is 0 Å². The van der Waals surface area contributed by atoms with Gasteiger partial charge >= 0.3 is 0 Å². The maximum atomic E-state index is 6.33. The molecule has 2 aromatic carbocycles. The molecule has 0 aliphatic carbocycles. The van der Waals surface area contributed by atoms with Crippen molar-refractivity contribution in [2.24, 2.45) is 5.73 Å². The van der Waals surface area contributed by atoms with Crippen molar-refractivity contribution in [3.8, 4) is 0 Å². The first kappa shape index (κ1) is 11.7. The Morgan fingerprint density at radius 2 is 1.94 bits per heavy atom. The van der Waals surface area contributed by atoms with Crippen LogP contribution in [0.25, 0.3) is 10.8 Å². The molecule has 94 valence electrons. The molecule has 1 saturated heterocycles. The minimum absolute atomic E-state index is 0.260. The van der Waals surface area contributed by atoms with Crippen molar-refractivity contribution < 1.29 is 0 Å². The zero-order valence-electron chi connectivity index (χ0n) is 10.8. The minimum atomic E-state index is 0.260. The van der Waals surface area contributed by atoms with Crippen LogP contribution in [-0.4, -0.2) is 24.0 Å². The number of likely N-dealkylation sites (tertiary alicyclic amines) is 1. The van der Waals surface area contributed by atoms with E-state index in [-0.39, 0.29) is 6.04 Å². The fraction of sp³-hybridized carbons (Fsp3) is 0.375. The minimum Gasteiger partial charge on any atom is -0.326 e. The monoisotopic (exact) mass is 240 g/mol. The second kappa shape index (κ2) is 4.71. The predicted octanol–water partition coefficient (Wildman–Crippen LogP) is 2.93. The molecule has 0 aromatic heterocycles. The van der Waals surface area contributed by atoms with E-state index in [1.165, 1.54) is 16.3 Å². The molecule has 2 atom stereocenters. The first-order valence-corrected chi connectivity index (χ1v) is 6.78. The smallest absolute Gasteiger partial charge is 0.0505 e. The molecule has 2 aromatic rings. The molecule has 2 heteroatoms. The molecule has 0 saturated carbocycles. The topological polar surface area (TPSA) is 29.3 Å². The summed E-state index contributed by atoms with van der Waals surface area (Å²) < 4.78 is 0. The number of benzene rings is 2. The van der Waals surface area contributed by atoms with Gasteiger partial charge in [-0.05, 0) is 29.3 Å². The van der Waals surface area contributed by atoms with Gasteiger partial charge in [0.25, 0.3) is 0 Å². The molecule has 3 rings (SSSR count). The lowest BCUT2D eigenvalue weighted by Gasteiger charge is -2.27. The van der Waals surface area contributed by atoms with Gasteiger partial charge in [0.2, 0.25) is 0 Å². The molecule has 0 radical (unpaired) electrons. The molecule has 1 aliphatic heterocycles. The van der Waals surface area contributed by atoms with Gasteiger partial charge in [0.05, 0.1) is 6.04 Å². The van der Waals surface area contributed by atoms with Gasteiger partial charge in [-0.3, -0.25) is 4.90 Å². The van der Waals surface area contributed by atoms with Crippen LogP contribution < -0.4 is 5.73 Å². The number of nitrogens with zero attached hydrogens (tertiary/aromatic N) is 1. The number of nitrogens with two attached hydrogens (primary N) is 1. The molecule has 2 N–H and O–H groups in total. The van der Waals surface area contributed by atoms with E-state index in [2.05, 4.69) is 54.3 Å². The molecule has 18 heavy (non-hydrogen) atoms. The molecule has 0 amide bonds. The second-order valence-corrected chi connectivity index (χ2v) is 5.09. The summed E-state index contributed by atoms with van der Waals surface area (Å²) in [6.07, 6.45) is 1.10. The maximum Gasteiger partial charge on any atom is 0.0505 e. The van der Waals surface area contributed by atoms with Crippen molar-refractivity contribution in [3.05, 3.63) is 48.0 Å². The van der Waals surface area contributed by atoms with Crippen LogP contribution in [-0.2, 0) is 0 Å². The highest BCUT2D eigenvalue weighted by Crippen LogP contribution is 2.34. The third-order valence-electron chi connectivity index (χ3n) is 4.10. The summed E-state index contributed by atoms with van der Waals surface area (Å²) in [7, 11) is 0. The Labute approximate surface area is 108 Å². The van der Waals surface area contributed by atoms with Crippen LogP contribution in [0.4, 0.5) is 0 Å². The fourth-order valence-electron chi connectivity index (χ4n) is 3.17. The zero-order chi connectivity index (χ0) is 12.5. The third-order valence-corrected chi connectivity index (χ3v) is 4.10. The summed E-state index contributed by atoms with van der Waals surface area (Å²) in [5.41, 5.74) is 7.72. The molecule has 1 aliphatic rings. The summed E-state index contributed by atoms with van der Waals surface area (Å²) in [6, 6.07) is 15.8. The average Bonchev–Trinajstić information content (AvgIpc) is 2.79. The predicted molar refractivity (Wildman–Crippen MR) is 76.5 cm³/mol. The number of hydrogen-bond donors (Lipinski definition) is 1. The van der Waals surface area contributed by atoms with E-state index in [4.69, 9.17) is 5.73 Å². The van der Waals surface area contributed by atoms with Gasteiger partial charge < -0.3 is 5.73 Å². The Morgan fingerprint density at radius 1 is 1.17 bits per heavy atom. The summed E-state index contributed by atoms with van der Waals surface area (Å²) >= 11 is 0. The van der Waals surface area contributed by atoms with E-state index < -0.39 is 0 Å². The Hall–Kier alpha value is -1.38. The molecule has 1 heterocycles. The highest BCUT2D eigenvalue weighted by molar-refractivity contribution is 5.86. The van der Waals surface area contributed by atoms with Crippen LogP contribution >= 0.6 is 0 Å². The van der Waals surface area contributed by atoms with Gasteiger partial charge in [-0.15, -0.1) is 0 Å². The first-order valence-electron chi connectivity index (χ1n) is 6.78. The SMILES string of the molecule is CCN1CCC(N)C1c1cccc2ccccc12. The molecule has 0 bridgehead atoms. The van der Waals surface area contributed by atoms with Crippen molar-refractivity contribution in [2.45, 2.75) is 25.4 Å². The van der Waals surface area contributed by atoms with Gasteiger partial charge in [0, 0.05) is 12.6 Å². The zero-order valence-corrected chi connectivity index (χ0v) is 10.8. The van der Waals surface area contributed by atoms with Crippen LogP contribution in [0, 0.1) is 0 Å². The Morgan fingerprint density at radius 3 is 2.78 bits per heavy atom. The lowest BCUT2D eigenvalue weighted by molar-refractivity contribution is 0.262. The van der Waals surface area contributed by atoms with Crippen LogP contribution in [0.3, 0.4) is 0 Å². The first-order chi connectivity index (χ1) is 8.81. The Kier molecular flexibility index (Phi) is 3.06. The van der Waals surface area contributed by atoms with Gasteiger partial charge in [0.1, 0.15) is 0 Å². The standard InChI is InChI=1S/C16H20N2/c1-2-18-11-10-15(17)16(18)14-9-5-7-12-6-3-4-8-13(12)14/h3-9,15-16H,2,10-11,17H2,1H3. The van der Waals surface area contributed by atoms with Crippen molar-refractivity contribution in [3.63, 3.8) is 0 Å². The van der Waals surface area contributed by atoms with Gasteiger partial charge in [-0.25, -0.2) is 0 Å². The molecule has 0 spiro atoms. The quantitative estimate of drug-likeness (QED) is 0.874. The highest BCUT2D eigenvalue weighted by Gasteiger charge is 2.32. The normalized spacial score (nSPS) is 24.8. The van der Waals surface area contributed by atoms with Crippen molar-refractivity contribution >= 4 is 10.8 Å². The number of fused-ring (bicyclic) bond motifs is 1. The van der Waals surface area contributed by atoms with Crippen LogP contribution in [0.2, 0.25) is 0 Å². The Bertz CT molecular complexity index is 544. The largest absolute Gasteiger partial charge is 0.326 e. The maximum absolute atomic E-state index is 6.33. The molecular formula is C16H20N2. The van der Waals surface area contributed by atoms with Crippen LogP contribution in [0.1, 0.15) is 24.9 Å². The summed E-state index contributed by atoms with van der Waals surface area (Å²) in [4.78, 5) is 2.49. The van der Waals surface area contributed by atoms with E-state index in [1.54, 1.807) is 0 Å². The number of hydrogen-bond acceptors (Lipinski definition) is 2. The van der Waals surface area contributed by atoms with Crippen LogP contribution in [0.5, 0.6) is 0 Å². The molecule has 1 fully saturated rings. The van der Waals surface area contributed by atoms with Crippen molar-refractivity contribution in [1.82, 2.24) is 4.90 Å². The third kappa shape index (κ3) is 1.82. The number of rotatable bonds is 2. The second-order valence-electron chi connectivity index (χ2n) is 5.09. The average molecular weight is 240 g/mol. The molecule has 2 nitrogen and oxygen atoms in total. The van der Waals surface area contributed by atoms with E-state index >= 15 is 0 Å². The lowest BCUT2D eigenvalue weighted by Crippen LogP contribution is -2.31. The molecular weight excluding hydrogens is 220 g/mol. The Balaban J connectivity index is 2.13. The fourth-order valence-corrected chi connectivity index (χ4v) is 3.17. The molecule has 2 unspecified atom stereocenters. The van der Waals surface area contributed by atoms with Gasteiger partial charge in [-0.2, -0.15) is 0 Å². The van der Waals surface area contributed by atoms with Gasteiger partial charge in [0.15, 0.2) is 0 Å². The van der Waals surface area contributed by atoms with E-state index in [0.29, 0.717) is 6.04 Å². The van der Waals surface area contributed by atoms with E-state index in [1.807, 2.05) is 0 Å². The van der Waals surface area contributed by atoms with Crippen LogP contribution in [0.15, 0.2) is 42.5 Å². The lowest BCUT2D eigenvalue weighted by atomic mass is 9.95. The van der Waals surface area contributed by atoms with Gasteiger partial charge in [-0.1, -0.05) is 49.4 Å². The summed E-state index contributed by atoms with van der Waals surface area (Å²) in [6.45, 7) is 4.41. The summed E-state index contributed by atoms with van der Waals surface area (Å²) in [5.74, 6) is 0.